The first-order valence-electron chi connectivity index (χ1n) is 13.0. The molecule has 2 rings (SSSR count). The van der Waals surface area contributed by atoms with Crippen LogP contribution in [-0.2, 0) is 39.7 Å². The molecule has 6 nitrogen and oxygen atoms in total. The van der Waals surface area contributed by atoms with Gasteiger partial charge in [0.2, 0.25) is 0 Å². The van der Waals surface area contributed by atoms with Gasteiger partial charge in [-0.1, -0.05) is 78.1 Å². The summed E-state index contributed by atoms with van der Waals surface area (Å²) in [4.78, 5) is 15.5. The molecule has 0 unspecified atom stereocenters. The topological polar surface area (TPSA) is 69.8 Å². The molecule has 0 atom stereocenters. The Morgan fingerprint density at radius 3 is 1.11 bits per heavy atom. The molecular weight excluding hydrogens is 488 g/mol. The molecule has 35 heavy (non-hydrogen) atoms. The minimum atomic E-state index is 0. The molecular formula is C28H50CuN4O2. The van der Waals surface area contributed by atoms with Gasteiger partial charge in [0.15, 0.2) is 0 Å². The van der Waals surface area contributed by atoms with Crippen LogP contribution in [0.2, 0.25) is 0 Å². The van der Waals surface area contributed by atoms with Crippen LogP contribution in [0.3, 0.4) is 0 Å². The van der Waals surface area contributed by atoms with Gasteiger partial charge in [0.05, 0.1) is 11.4 Å². The molecule has 2 aromatic heterocycles. The number of unbranched alkanes of at least 4 members (excludes halogenated alkanes) is 10. The van der Waals surface area contributed by atoms with Crippen molar-refractivity contribution < 1.29 is 26.7 Å². The van der Waals surface area contributed by atoms with Crippen molar-refractivity contribution in [1.82, 2.24) is 19.6 Å². The number of hydrogen-bond acceptors (Lipinski definition) is 4. The van der Waals surface area contributed by atoms with E-state index in [1.165, 1.54) is 88.4 Å². The van der Waals surface area contributed by atoms with Crippen LogP contribution in [0.25, 0.3) is 0 Å². The molecule has 0 spiro atoms. The normalized spacial score (nSPS) is 9.54. The van der Waals surface area contributed by atoms with Crippen molar-refractivity contribution in [2.24, 2.45) is 0 Å². The van der Waals surface area contributed by atoms with Gasteiger partial charge in [0.1, 0.15) is 0 Å². The van der Waals surface area contributed by atoms with E-state index in [2.05, 4.69) is 86.8 Å². The Bertz CT molecular complexity index is 656. The van der Waals surface area contributed by atoms with Crippen LogP contribution in [0, 0.1) is 27.7 Å². The average Bonchev–Trinajstić information content (AvgIpc) is 3.34. The quantitative estimate of drug-likeness (QED) is 0.111. The maximum Gasteiger partial charge on any atom is 2.00 e. The molecule has 0 saturated carbocycles. The molecule has 2 aromatic rings. The van der Waals surface area contributed by atoms with Crippen molar-refractivity contribution >= 4 is 13.6 Å². The van der Waals surface area contributed by atoms with E-state index in [1.807, 2.05) is 0 Å². The minimum Gasteiger partial charge on any atom is -0.545 e. The third-order valence-corrected chi connectivity index (χ3v) is 5.65. The molecule has 0 aromatic carbocycles. The van der Waals surface area contributed by atoms with Crippen LogP contribution in [0.4, 0.5) is 0 Å². The summed E-state index contributed by atoms with van der Waals surface area (Å²) in [6.45, 7) is 21.6. The standard InChI is InChI=1S/2C13H24N2.2CHO.Cu/c2*1-4-5-6-7-8-9-10-15-13(3)11-12(2)14-15;2*1-2;/h2*11H,4-10H2,1-3H3;2*1H;/q;;2*-1;+2. The second kappa shape index (κ2) is 26.9. The first kappa shape index (κ1) is 37.8. The first-order chi connectivity index (χ1) is 16.5. The SMILES string of the molecule is CCCCCCCCn1nc(C)cc1C.CCCCCCCCn1nc(C)cc1C.[CH-]=O.[CH-]=O.[Cu+2]. The van der Waals surface area contributed by atoms with E-state index in [-0.39, 0.29) is 17.1 Å². The van der Waals surface area contributed by atoms with Crippen LogP contribution in [0.1, 0.15) is 114 Å². The van der Waals surface area contributed by atoms with E-state index in [0.717, 1.165) is 24.5 Å². The molecule has 1 radical (unpaired) electrons. The molecule has 0 N–H and O–H groups in total. The van der Waals surface area contributed by atoms with E-state index in [1.54, 1.807) is 0 Å². The van der Waals surface area contributed by atoms with Gasteiger partial charge in [0, 0.05) is 24.5 Å². The van der Waals surface area contributed by atoms with Crippen molar-refractivity contribution in [2.75, 3.05) is 0 Å². The van der Waals surface area contributed by atoms with Crippen LogP contribution in [0.15, 0.2) is 12.1 Å². The van der Waals surface area contributed by atoms with E-state index in [9.17, 15) is 0 Å². The Hall–Kier alpha value is -1.72. The van der Waals surface area contributed by atoms with Crippen LogP contribution < -0.4 is 0 Å². The van der Waals surface area contributed by atoms with Gasteiger partial charge in [-0.15, -0.1) is 0 Å². The summed E-state index contributed by atoms with van der Waals surface area (Å²) in [6, 6.07) is 4.30. The Morgan fingerprint density at radius 1 is 0.571 bits per heavy atom. The molecule has 205 valence electrons. The zero-order valence-electron chi connectivity index (χ0n) is 23.1. The Morgan fingerprint density at radius 2 is 0.857 bits per heavy atom. The largest absolute Gasteiger partial charge is 2.00 e. The summed E-state index contributed by atoms with van der Waals surface area (Å²) >= 11 is 0. The summed E-state index contributed by atoms with van der Waals surface area (Å²) in [7, 11) is 0. The second-order valence-corrected chi connectivity index (χ2v) is 8.84. The summed E-state index contributed by atoms with van der Waals surface area (Å²) in [5.74, 6) is 0. The van der Waals surface area contributed by atoms with Crippen molar-refractivity contribution in [1.29, 1.82) is 0 Å². The van der Waals surface area contributed by atoms with Crippen LogP contribution >= 0.6 is 0 Å². The predicted molar refractivity (Wildman–Crippen MR) is 144 cm³/mol. The molecule has 0 aliphatic carbocycles. The number of hydrogen-bond donors (Lipinski definition) is 0. The van der Waals surface area contributed by atoms with Gasteiger partial charge in [0.25, 0.3) is 0 Å². The summed E-state index contributed by atoms with van der Waals surface area (Å²) in [5.41, 5.74) is 4.86. The Kier molecular flexibility index (Phi) is 29.0. The fourth-order valence-electron chi connectivity index (χ4n) is 3.89. The number of aromatic nitrogens is 4. The average molecular weight is 538 g/mol. The number of nitrogens with zero attached hydrogens (tertiary/aromatic N) is 4. The predicted octanol–water partition coefficient (Wildman–Crippen LogP) is 7.17. The number of rotatable bonds is 14. The smallest absolute Gasteiger partial charge is 0.545 e. The molecule has 7 heteroatoms. The zero-order valence-corrected chi connectivity index (χ0v) is 24.1. The maximum absolute atomic E-state index is 7.75. The van der Waals surface area contributed by atoms with Gasteiger partial charge in [-0.05, 0) is 52.7 Å². The third-order valence-electron chi connectivity index (χ3n) is 5.65. The molecule has 0 bridgehead atoms. The number of carbonyl (C=O) groups excluding carboxylic acids is 2. The van der Waals surface area contributed by atoms with Crippen molar-refractivity contribution in [3.63, 3.8) is 0 Å². The zero-order chi connectivity index (χ0) is 26.2. The first-order valence-corrected chi connectivity index (χ1v) is 13.0. The van der Waals surface area contributed by atoms with Gasteiger partial charge in [-0.3, -0.25) is 22.9 Å². The number of aryl methyl sites for hydroxylation is 6. The van der Waals surface area contributed by atoms with Crippen molar-refractivity contribution in [3.05, 3.63) is 34.9 Å². The van der Waals surface area contributed by atoms with E-state index < -0.39 is 0 Å². The van der Waals surface area contributed by atoms with E-state index >= 15 is 0 Å². The maximum atomic E-state index is 7.75. The van der Waals surface area contributed by atoms with E-state index in [4.69, 9.17) is 9.59 Å². The van der Waals surface area contributed by atoms with Gasteiger partial charge in [-0.25, -0.2) is 0 Å². The molecule has 2 heterocycles. The minimum absolute atomic E-state index is 0. The molecule has 0 aliphatic heterocycles. The van der Waals surface area contributed by atoms with Crippen LogP contribution in [0.5, 0.6) is 0 Å². The fraction of sp³-hybridized carbons (Fsp3) is 0.714. The van der Waals surface area contributed by atoms with Crippen LogP contribution in [-0.4, -0.2) is 33.1 Å². The molecule has 0 amide bonds. The van der Waals surface area contributed by atoms with Crippen molar-refractivity contribution in [2.45, 2.75) is 132 Å². The van der Waals surface area contributed by atoms with Gasteiger partial charge in [-0.2, -0.15) is 10.2 Å². The summed E-state index contributed by atoms with van der Waals surface area (Å²) in [6.07, 6.45) is 16.2. The molecule has 0 aliphatic rings. The third kappa shape index (κ3) is 20.2. The van der Waals surface area contributed by atoms with Crippen molar-refractivity contribution in [3.8, 4) is 0 Å². The van der Waals surface area contributed by atoms with Gasteiger partial charge >= 0.3 is 17.1 Å². The second-order valence-electron chi connectivity index (χ2n) is 8.84. The van der Waals surface area contributed by atoms with E-state index in [0.29, 0.717) is 0 Å². The fourth-order valence-corrected chi connectivity index (χ4v) is 3.89. The summed E-state index contributed by atoms with van der Waals surface area (Å²) < 4.78 is 4.27. The summed E-state index contributed by atoms with van der Waals surface area (Å²) in [5, 5.41) is 8.92. The van der Waals surface area contributed by atoms with Gasteiger partial charge < -0.3 is 9.59 Å². The Labute approximate surface area is 226 Å². The molecule has 0 saturated heterocycles. The monoisotopic (exact) mass is 537 g/mol. The Balaban J connectivity index is -0.000000499. The molecule has 0 fully saturated rings.